The smallest absolute Gasteiger partial charge is 0.410 e. The highest BCUT2D eigenvalue weighted by molar-refractivity contribution is 5.71. The zero-order chi connectivity index (χ0) is 16.2. The molecule has 2 saturated heterocycles. The summed E-state index contributed by atoms with van der Waals surface area (Å²) in [6, 6.07) is 10.0. The third kappa shape index (κ3) is 3.82. The van der Waals surface area contributed by atoms with Crippen LogP contribution in [0.4, 0.5) is 4.79 Å². The molecule has 2 fully saturated rings. The van der Waals surface area contributed by atoms with Gasteiger partial charge in [0.1, 0.15) is 6.61 Å². The van der Waals surface area contributed by atoms with Gasteiger partial charge in [0.05, 0.1) is 5.92 Å². The number of benzene rings is 1. The Balaban J connectivity index is 1.39. The van der Waals surface area contributed by atoms with Crippen molar-refractivity contribution >= 4 is 12.1 Å². The van der Waals surface area contributed by atoms with Gasteiger partial charge >= 0.3 is 12.1 Å². The molecule has 3 rings (SSSR count). The summed E-state index contributed by atoms with van der Waals surface area (Å²) in [6.07, 6.45) is 1.50. The molecule has 6 nitrogen and oxygen atoms in total. The molecule has 2 aliphatic rings. The molecule has 0 aliphatic carbocycles. The Morgan fingerprint density at radius 1 is 1.13 bits per heavy atom. The zero-order valence-electron chi connectivity index (χ0n) is 13.1. The van der Waals surface area contributed by atoms with E-state index in [1.54, 1.807) is 4.90 Å². The third-order valence-electron chi connectivity index (χ3n) is 4.70. The summed E-state index contributed by atoms with van der Waals surface area (Å²) in [7, 11) is 0. The van der Waals surface area contributed by atoms with Crippen LogP contribution in [0.25, 0.3) is 0 Å². The Bertz CT molecular complexity index is 549. The van der Waals surface area contributed by atoms with Crippen molar-refractivity contribution < 1.29 is 19.4 Å². The predicted octanol–water partition coefficient (Wildman–Crippen LogP) is 1.80. The number of piperidine rings is 1. The van der Waals surface area contributed by atoms with Crippen LogP contribution in [0, 0.1) is 5.92 Å². The zero-order valence-corrected chi connectivity index (χ0v) is 13.1. The highest BCUT2D eigenvalue weighted by Gasteiger charge is 2.38. The van der Waals surface area contributed by atoms with E-state index in [0.717, 1.165) is 18.4 Å². The number of carbonyl (C=O) groups is 2. The summed E-state index contributed by atoms with van der Waals surface area (Å²) in [5.41, 5.74) is 0.982. The van der Waals surface area contributed by atoms with Gasteiger partial charge < -0.3 is 14.7 Å². The second-order valence-electron chi connectivity index (χ2n) is 6.25. The van der Waals surface area contributed by atoms with Gasteiger partial charge in [0.15, 0.2) is 0 Å². The van der Waals surface area contributed by atoms with E-state index in [2.05, 4.69) is 4.90 Å². The normalized spacial score (nSPS) is 20.1. The Hall–Kier alpha value is -2.08. The highest BCUT2D eigenvalue weighted by Crippen LogP contribution is 2.25. The number of hydrogen-bond donors (Lipinski definition) is 1. The monoisotopic (exact) mass is 318 g/mol. The van der Waals surface area contributed by atoms with Crippen molar-refractivity contribution in [2.24, 2.45) is 5.92 Å². The van der Waals surface area contributed by atoms with E-state index >= 15 is 0 Å². The summed E-state index contributed by atoms with van der Waals surface area (Å²) in [5.74, 6) is -0.924. The molecule has 0 unspecified atom stereocenters. The summed E-state index contributed by atoms with van der Waals surface area (Å²) in [4.78, 5) is 26.9. The lowest BCUT2D eigenvalue weighted by molar-refractivity contribution is -0.149. The van der Waals surface area contributed by atoms with Crippen molar-refractivity contribution in [3.63, 3.8) is 0 Å². The molecular weight excluding hydrogens is 296 g/mol. The molecule has 0 bridgehead atoms. The Morgan fingerprint density at radius 2 is 1.78 bits per heavy atom. The fourth-order valence-corrected chi connectivity index (χ4v) is 3.19. The second-order valence-corrected chi connectivity index (χ2v) is 6.25. The number of likely N-dealkylation sites (tertiary alicyclic amines) is 2. The lowest BCUT2D eigenvalue weighted by atomic mass is 9.93. The van der Waals surface area contributed by atoms with Gasteiger partial charge in [0.2, 0.25) is 0 Å². The van der Waals surface area contributed by atoms with E-state index < -0.39 is 5.97 Å². The maximum Gasteiger partial charge on any atom is 0.410 e. The van der Waals surface area contributed by atoms with Crippen LogP contribution in [0.1, 0.15) is 18.4 Å². The van der Waals surface area contributed by atoms with Gasteiger partial charge in [0, 0.05) is 32.2 Å². The van der Waals surface area contributed by atoms with Crippen molar-refractivity contribution in [1.82, 2.24) is 9.80 Å². The summed E-state index contributed by atoms with van der Waals surface area (Å²) < 4.78 is 5.35. The standard InChI is InChI=1S/C17H22N2O4/c20-16(21)14-10-19(11-14)15-6-8-18(9-7-15)17(22)23-12-13-4-2-1-3-5-13/h1-5,14-15H,6-12H2,(H,20,21). The van der Waals surface area contributed by atoms with Gasteiger partial charge in [-0.15, -0.1) is 0 Å². The number of amides is 1. The molecule has 0 atom stereocenters. The number of ether oxygens (including phenoxy) is 1. The summed E-state index contributed by atoms with van der Waals surface area (Å²) >= 11 is 0. The molecule has 1 amide bonds. The fraction of sp³-hybridized carbons (Fsp3) is 0.529. The van der Waals surface area contributed by atoms with Gasteiger partial charge in [-0.2, -0.15) is 0 Å². The van der Waals surface area contributed by atoms with Crippen LogP contribution < -0.4 is 0 Å². The quantitative estimate of drug-likeness (QED) is 0.917. The molecule has 23 heavy (non-hydrogen) atoms. The predicted molar refractivity (Wildman–Crippen MR) is 83.9 cm³/mol. The third-order valence-corrected chi connectivity index (χ3v) is 4.70. The molecule has 0 radical (unpaired) electrons. The number of nitrogens with zero attached hydrogens (tertiary/aromatic N) is 2. The van der Waals surface area contributed by atoms with E-state index in [0.29, 0.717) is 38.8 Å². The molecule has 1 aromatic rings. The first-order chi connectivity index (χ1) is 11.1. The Labute approximate surface area is 135 Å². The van der Waals surface area contributed by atoms with Crippen LogP contribution in [-0.4, -0.2) is 59.2 Å². The molecular formula is C17H22N2O4. The van der Waals surface area contributed by atoms with E-state index in [-0.39, 0.29) is 12.0 Å². The maximum absolute atomic E-state index is 12.1. The molecule has 1 N–H and O–H groups in total. The number of carbonyl (C=O) groups excluding carboxylic acids is 1. The van der Waals surface area contributed by atoms with Crippen molar-refractivity contribution in [3.05, 3.63) is 35.9 Å². The first-order valence-electron chi connectivity index (χ1n) is 8.06. The van der Waals surface area contributed by atoms with Crippen LogP contribution in [0.5, 0.6) is 0 Å². The van der Waals surface area contributed by atoms with Gasteiger partial charge in [-0.1, -0.05) is 30.3 Å². The summed E-state index contributed by atoms with van der Waals surface area (Å²) in [6.45, 7) is 2.92. The van der Waals surface area contributed by atoms with E-state index in [1.165, 1.54) is 0 Å². The molecule has 0 saturated carbocycles. The second kappa shape index (κ2) is 7.00. The van der Waals surface area contributed by atoms with Gasteiger partial charge in [-0.3, -0.25) is 9.69 Å². The van der Waals surface area contributed by atoms with Crippen molar-refractivity contribution in [2.75, 3.05) is 26.2 Å². The first kappa shape index (κ1) is 15.8. The number of carboxylic acids is 1. The number of aliphatic carboxylic acids is 1. The Morgan fingerprint density at radius 3 is 2.39 bits per heavy atom. The van der Waals surface area contributed by atoms with Crippen molar-refractivity contribution in [1.29, 1.82) is 0 Å². The molecule has 6 heteroatoms. The van der Waals surface area contributed by atoms with Crippen molar-refractivity contribution in [2.45, 2.75) is 25.5 Å². The van der Waals surface area contributed by atoms with Crippen LogP contribution in [0.3, 0.4) is 0 Å². The van der Waals surface area contributed by atoms with Crippen molar-refractivity contribution in [3.8, 4) is 0 Å². The SMILES string of the molecule is O=C(O)C1CN(C2CCN(C(=O)OCc3ccccc3)CC2)C1. The van der Waals surface area contributed by atoms with Gasteiger partial charge in [-0.05, 0) is 18.4 Å². The average molecular weight is 318 g/mol. The lowest BCUT2D eigenvalue weighted by Gasteiger charge is -2.45. The van der Waals surface area contributed by atoms with Crippen LogP contribution in [0.15, 0.2) is 30.3 Å². The maximum atomic E-state index is 12.1. The lowest BCUT2D eigenvalue weighted by Crippen LogP contribution is -2.57. The molecule has 124 valence electrons. The van der Waals surface area contributed by atoms with E-state index in [4.69, 9.17) is 9.84 Å². The molecule has 2 heterocycles. The minimum absolute atomic E-state index is 0.219. The minimum atomic E-state index is -0.705. The molecule has 1 aromatic carbocycles. The Kier molecular flexibility index (Phi) is 4.81. The van der Waals surface area contributed by atoms with Gasteiger partial charge in [-0.25, -0.2) is 4.79 Å². The van der Waals surface area contributed by atoms with Crippen LogP contribution in [0.2, 0.25) is 0 Å². The highest BCUT2D eigenvalue weighted by atomic mass is 16.6. The molecule has 2 aliphatic heterocycles. The largest absolute Gasteiger partial charge is 0.481 e. The van der Waals surface area contributed by atoms with Crippen LogP contribution in [-0.2, 0) is 16.1 Å². The van der Waals surface area contributed by atoms with E-state index in [9.17, 15) is 9.59 Å². The first-order valence-corrected chi connectivity index (χ1v) is 8.06. The number of hydrogen-bond acceptors (Lipinski definition) is 4. The van der Waals surface area contributed by atoms with Gasteiger partial charge in [0.25, 0.3) is 0 Å². The number of carboxylic acid groups (broad SMARTS) is 1. The molecule has 0 spiro atoms. The van der Waals surface area contributed by atoms with Crippen LogP contribution >= 0.6 is 0 Å². The molecule has 0 aromatic heterocycles. The fourth-order valence-electron chi connectivity index (χ4n) is 3.19. The average Bonchev–Trinajstić information content (AvgIpc) is 2.52. The summed E-state index contributed by atoms with van der Waals surface area (Å²) in [5, 5.41) is 8.92. The number of rotatable bonds is 4. The topological polar surface area (TPSA) is 70.1 Å². The minimum Gasteiger partial charge on any atom is -0.481 e. The van der Waals surface area contributed by atoms with E-state index in [1.807, 2.05) is 30.3 Å².